The van der Waals surface area contributed by atoms with E-state index in [2.05, 4.69) is 25.5 Å². The Labute approximate surface area is 132 Å². The van der Waals surface area contributed by atoms with Crippen LogP contribution >= 0.6 is 11.6 Å². The Bertz CT molecular complexity index is 844. The zero-order valence-corrected chi connectivity index (χ0v) is 12.3. The van der Waals surface area contributed by atoms with Crippen LogP contribution in [0.5, 0.6) is 0 Å². The van der Waals surface area contributed by atoms with Gasteiger partial charge in [-0.15, -0.1) is 5.10 Å². The van der Waals surface area contributed by atoms with Gasteiger partial charge >= 0.3 is 6.18 Å². The number of alkyl halides is 3. The average molecular weight is 341 g/mol. The van der Waals surface area contributed by atoms with Crippen molar-refractivity contribution in [2.75, 3.05) is 0 Å². The summed E-state index contributed by atoms with van der Waals surface area (Å²) in [5.74, 6) is 0.0126. The Morgan fingerprint density at radius 2 is 1.78 bits per heavy atom. The van der Waals surface area contributed by atoms with Gasteiger partial charge in [-0.25, -0.2) is 9.97 Å². The van der Waals surface area contributed by atoms with Gasteiger partial charge < -0.3 is 0 Å². The summed E-state index contributed by atoms with van der Waals surface area (Å²) in [6, 6.07) is 7.14. The Kier molecular flexibility index (Phi) is 3.72. The molecule has 0 unspecified atom stereocenters. The van der Waals surface area contributed by atoms with Crippen LogP contribution in [0.4, 0.5) is 13.2 Å². The second-order valence-corrected chi connectivity index (χ2v) is 5.02. The van der Waals surface area contributed by atoms with E-state index < -0.39 is 11.9 Å². The predicted molar refractivity (Wildman–Crippen MR) is 74.9 cm³/mol. The number of nitrogens with zero attached hydrogens (tertiary/aromatic N) is 6. The smallest absolute Gasteiger partial charge is 0.211 e. The number of hydrogen-bond donors (Lipinski definition) is 0. The summed E-state index contributed by atoms with van der Waals surface area (Å²) in [4.78, 5) is 7.63. The number of halogens is 4. The Morgan fingerprint density at radius 1 is 1.09 bits per heavy atom. The first kappa shape index (κ1) is 15.3. The van der Waals surface area contributed by atoms with Gasteiger partial charge in [-0.2, -0.15) is 17.9 Å². The predicted octanol–water partition coefficient (Wildman–Crippen LogP) is 3.10. The van der Waals surface area contributed by atoms with Gasteiger partial charge in [0.15, 0.2) is 11.5 Å². The lowest BCUT2D eigenvalue weighted by Crippen LogP contribution is -2.14. The fourth-order valence-corrected chi connectivity index (χ4v) is 1.99. The summed E-state index contributed by atoms with van der Waals surface area (Å²) < 4.78 is 40.3. The van der Waals surface area contributed by atoms with Crippen molar-refractivity contribution in [3.05, 3.63) is 46.9 Å². The van der Waals surface area contributed by atoms with Gasteiger partial charge in [0.1, 0.15) is 0 Å². The first-order valence-electron chi connectivity index (χ1n) is 6.32. The molecule has 1 aromatic carbocycles. The van der Waals surface area contributed by atoms with Gasteiger partial charge in [-0.3, -0.25) is 0 Å². The maximum absolute atomic E-state index is 13.1. The molecule has 2 aromatic heterocycles. The minimum Gasteiger partial charge on any atom is -0.211 e. The molecule has 0 amide bonds. The standard InChI is InChI=1S/C13H8ClF3N6/c1-7-20-21-22-23(7)12-18-10(6-11(19-12)13(15,16)17)8-2-4-9(14)5-3-8/h2-6H,1H3. The third-order valence-electron chi connectivity index (χ3n) is 2.96. The number of rotatable bonds is 2. The van der Waals surface area contributed by atoms with Crippen molar-refractivity contribution >= 4 is 11.6 Å². The molecule has 0 spiro atoms. The first-order valence-corrected chi connectivity index (χ1v) is 6.70. The van der Waals surface area contributed by atoms with Gasteiger partial charge in [0.2, 0.25) is 0 Å². The molecule has 0 N–H and O–H groups in total. The molecule has 0 aliphatic carbocycles. The van der Waals surface area contributed by atoms with Crippen molar-refractivity contribution in [3.8, 4) is 17.2 Å². The van der Waals surface area contributed by atoms with Crippen LogP contribution in [-0.4, -0.2) is 30.2 Å². The second kappa shape index (κ2) is 5.58. The molecule has 10 heteroatoms. The normalized spacial score (nSPS) is 11.7. The highest BCUT2D eigenvalue weighted by Gasteiger charge is 2.34. The van der Waals surface area contributed by atoms with Crippen molar-refractivity contribution < 1.29 is 13.2 Å². The highest BCUT2D eigenvalue weighted by atomic mass is 35.5. The maximum Gasteiger partial charge on any atom is 0.433 e. The van der Waals surface area contributed by atoms with E-state index in [-0.39, 0.29) is 17.5 Å². The van der Waals surface area contributed by atoms with E-state index in [4.69, 9.17) is 11.6 Å². The van der Waals surface area contributed by atoms with E-state index in [1.54, 1.807) is 24.3 Å². The highest BCUT2D eigenvalue weighted by molar-refractivity contribution is 6.30. The molecular formula is C13H8ClF3N6. The van der Waals surface area contributed by atoms with Crippen LogP contribution in [0.25, 0.3) is 17.2 Å². The van der Waals surface area contributed by atoms with Crippen molar-refractivity contribution in [3.63, 3.8) is 0 Å². The lowest BCUT2D eigenvalue weighted by molar-refractivity contribution is -0.141. The van der Waals surface area contributed by atoms with Crippen LogP contribution in [0.15, 0.2) is 30.3 Å². The summed E-state index contributed by atoms with van der Waals surface area (Å²) in [6.45, 7) is 1.53. The maximum atomic E-state index is 13.1. The van der Waals surface area contributed by atoms with Crippen LogP contribution < -0.4 is 0 Å². The van der Waals surface area contributed by atoms with E-state index in [9.17, 15) is 13.2 Å². The van der Waals surface area contributed by atoms with Crippen LogP contribution in [0.1, 0.15) is 11.5 Å². The molecule has 0 radical (unpaired) electrons. The van der Waals surface area contributed by atoms with Crippen molar-refractivity contribution in [1.82, 2.24) is 30.2 Å². The molecule has 0 fully saturated rings. The number of hydrogen-bond acceptors (Lipinski definition) is 5. The van der Waals surface area contributed by atoms with Crippen molar-refractivity contribution in [2.45, 2.75) is 13.1 Å². The van der Waals surface area contributed by atoms with Crippen molar-refractivity contribution in [2.24, 2.45) is 0 Å². The zero-order valence-electron chi connectivity index (χ0n) is 11.6. The van der Waals surface area contributed by atoms with Crippen molar-refractivity contribution in [1.29, 1.82) is 0 Å². The van der Waals surface area contributed by atoms with E-state index in [0.29, 0.717) is 10.6 Å². The summed E-state index contributed by atoms with van der Waals surface area (Å²) >= 11 is 5.79. The summed E-state index contributed by atoms with van der Waals surface area (Å²) in [7, 11) is 0. The summed E-state index contributed by atoms with van der Waals surface area (Å²) in [5.41, 5.74) is -0.523. The van der Waals surface area contributed by atoms with E-state index >= 15 is 0 Å². The number of tetrazole rings is 1. The average Bonchev–Trinajstić information content (AvgIpc) is 2.93. The molecule has 6 nitrogen and oxygen atoms in total. The molecule has 0 aliphatic heterocycles. The molecule has 3 rings (SSSR count). The molecule has 0 aliphatic rings. The number of benzene rings is 1. The first-order chi connectivity index (χ1) is 10.8. The molecule has 0 bridgehead atoms. The molecule has 118 valence electrons. The third kappa shape index (κ3) is 3.14. The van der Waals surface area contributed by atoms with Gasteiger partial charge in [-0.1, -0.05) is 23.7 Å². The lowest BCUT2D eigenvalue weighted by atomic mass is 10.1. The minimum absolute atomic E-state index is 0.0916. The van der Waals surface area contributed by atoms with Gasteiger partial charge in [0.05, 0.1) is 5.69 Å². The second-order valence-electron chi connectivity index (χ2n) is 4.58. The molecule has 0 atom stereocenters. The summed E-state index contributed by atoms with van der Waals surface area (Å²) in [5, 5.41) is 11.1. The zero-order chi connectivity index (χ0) is 16.6. The number of aromatic nitrogens is 6. The molecule has 0 saturated heterocycles. The topological polar surface area (TPSA) is 69.4 Å². The molecule has 3 aromatic rings. The fraction of sp³-hybridized carbons (Fsp3) is 0.154. The Hall–Kier alpha value is -2.55. The van der Waals surface area contributed by atoms with E-state index in [0.717, 1.165) is 10.7 Å². The molecular weight excluding hydrogens is 333 g/mol. The SMILES string of the molecule is Cc1nnnn1-c1nc(-c2ccc(Cl)cc2)cc(C(F)(F)F)n1. The number of aryl methyl sites for hydroxylation is 1. The largest absolute Gasteiger partial charge is 0.433 e. The Morgan fingerprint density at radius 3 is 2.35 bits per heavy atom. The van der Waals surface area contributed by atoms with Crippen LogP contribution in [0.2, 0.25) is 5.02 Å². The van der Waals surface area contributed by atoms with Gasteiger partial charge in [0.25, 0.3) is 5.95 Å². The van der Waals surface area contributed by atoms with Gasteiger partial charge in [0, 0.05) is 10.6 Å². The van der Waals surface area contributed by atoms with Gasteiger partial charge in [-0.05, 0) is 35.5 Å². The van der Waals surface area contributed by atoms with E-state index in [1.165, 1.54) is 6.92 Å². The van der Waals surface area contributed by atoms with Crippen LogP contribution in [0, 0.1) is 6.92 Å². The Balaban J connectivity index is 2.20. The quantitative estimate of drug-likeness (QED) is 0.717. The van der Waals surface area contributed by atoms with E-state index in [1.807, 2.05) is 0 Å². The highest BCUT2D eigenvalue weighted by Crippen LogP contribution is 2.31. The lowest BCUT2D eigenvalue weighted by Gasteiger charge is -2.10. The summed E-state index contributed by atoms with van der Waals surface area (Å²) in [6.07, 6.45) is -4.62. The minimum atomic E-state index is -4.62. The fourth-order valence-electron chi connectivity index (χ4n) is 1.86. The molecule has 0 saturated carbocycles. The molecule has 2 heterocycles. The van der Waals surface area contributed by atoms with Crippen LogP contribution in [-0.2, 0) is 6.18 Å². The molecule has 23 heavy (non-hydrogen) atoms. The monoisotopic (exact) mass is 340 g/mol. The van der Waals surface area contributed by atoms with Crippen LogP contribution in [0.3, 0.4) is 0 Å². The third-order valence-corrected chi connectivity index (χ3v) is 3.21.